The van der Waals surface area contributed by atoms with Crippen LogP contribution in [0.5, 0.6) is 23.0 Å². The van der Waals surface area contributed by atoms with Crippen molar-refractivity contribution < 1.29 is 39.6 Å². The van der Waals surface area contributed by atoms with Gasteiger partial charge in [-0.05, 0) is 24.3 Å². The third-order valence-electron chi connectivity index (χ3n) is 7.99. The number of pyridine rings is 2. The molecule has 20 nitrogen and oxygen atoms in total. The number of nitrogens with two attached hydrogens (primary N) is 2. The van der Waals surface area contributed by atoms with Crippen molar-refractivity contribution in [2.24, 2.45) is 25.6 Å². The maximum absolute atomic E-state index is 12.9. The Hall–Kier alpha value is -5.96. The third kappa shape index (κ3) is 10.3. The SMILES string of the molecule is Cn1ccc(C(=O)NCCN(CCNC(=O)c2ccc(C(=O)NCCN(CN)CN)c(O)c2O)CCNC(=O)c2ccn(C)c(=O)c2O)c(O)c1=O. The van der Waals surface area contributed by atoms with Gasteiger partial charge in [0.15, 0.2) is 23.0 Å². The van der Waals surface area contributed by atoms with E-state index in [1.165, 1.54) is 50.8 Å². The maximum atomic E-state index is 12.9. The van der Waals surface area contributed by atoms with Gasteiger partial charge in [0.05, 0.1) is 22.3 Å². The van der Waals surface area contributed by atoms with Gasteiger partial charge in [0.1, 0.15) is 0 Å². The monoisotopic (exact) mass is 728 g/mol. The van der Waals surface area contributed by atoms with Crippen molar-refractivity contribution in [2.45, 2.75) is 0 Å². The fourth-order valence-electron chi connectivity index (χ4n) is 4.83. The first-order valence-corrected chi connectivity index (χ1v) is 16.0. The van der Waals surface area contributed by atoms with Crippen LogP contribution < -0.4 is 43.9 Å². The number of aromatic nitrogens is 2. The normalized spacial score (nSPS) is 11.0. The molecule has 0 bridgehead atoms. The number of aromatic hydroxyl groups is 4. The molecule has 0 radical (unpaired) electrons. The minimum atomic E-state index is -0.809. The first kappa shape index (κ1) is 40.5. The topological polar surface area (TPSA) is 300 Å². The molecular formula is C32H44N10O10. The molecule has 0 saturated heterocycles. The number of nitrogens with one attached hydrogen (secondary N) is 4. The maximum Gasteiger partial charge on any atom is 0.293 e. The zero-order valence-electron chi connectivity index (χ0n) is 28.7. The second-order valence-corrected chi connectivity index (χ2v) is 11.5. The number of hydrogen-bond acceptors (Lipinski definition) is 14. The quantitative estimate of drug-likeness (QED) is 0.0453. The zero-order valence-corrected chi connectivity index (χ0v) is 28.7. The minimum Gasteiger partial charge on any atom is -0.504 e. The van der Waals surface area contributed by atoms with Gasteiger partial charge in [-0.2, -0.15) is 0 Å². The van der Waals surface area contributed by atoms with E-state index in [1.54, 1.807) is 9.80 Å². The Kier molecular flexibility index (Phi) is 14.7. The van der Waals surface area contributed by atoms with Crippen molar-refractivity contribution >= 4 is 23.6 Å². The standard InChI is InChI=1S/C32H44N10O10/c1-39-11-5-21(25(45)31(39)51)29(49)36-8-14-41(15-9-37-30(50)22-6-12-40(2)32(52)26(22)46)13-7-35-27(47)19-3-4-20(24(44)23(19)43)28(48)38-10-16-42(17-33)18-34/h3-6,11-12,43-46H,7-10,13-18,33-34H2,1-2H3,(H,35,47)(H,36,49)(H,37,50)(H,38,48). The second-order valence-electron chi connectivity index (χ2n) is 11.5. The summed E-state index contributed by atoms with van der Waals surface area (Å²) >= 11 is 0. The number of phenolic OH excluding ortho intramolecular Hbond substituents is 2. The molecule has 0 atom stereocenters. The highest BCUT2D eigenvalue weighted by molar-refractivity contribution is 6.03. The summed E-state index contributed by atoms with van der Waals surface area (Å²) in [6, 6.07) is 4.92. The van der Waals surface area contributed by atoms with Gasteiger partial charge in [-0.3, -0.25) is 38.6 Å². The molecule has 2 aromatic heterocycles. The molecular weight excluding hydrogens is 684 g/mol. The van der Waals surface area contributed by atoms with E-state index in [9.17, 15) is 49.2 Å². The average molecular weight is 729 g/mol. The summed E-state index contributed by atoms with van der Waals surface area (Å²) in [5.74, 6) is -5.92. The summed E-state index contributed by atoms with van der Waals surface area (Å²) < 4.78 is 2.22. The van der Waals surface area contributed by atoms with Crippen LogP contribution in [0.1, 0.15) is 41.4 Å². The summed E-state index contributed by atoms with van der Waals surface area (Å²) in [4.78, 5) is 78.2. The Labute approximate surface area is 297 Å². The summed E-state index contributed by atoms with van der Waals surface area (Å²) in [6.45, 7) is 1.32. The van der Waals surface area contributed by atoms with Crippen LogP contribution in [0.3, 0.4) is 0 Å². The van der Waals surface area contributed by atoms with Gasteiger partial charge < -0.3 is 62.3 Å². The number of amides is 4. The van der Waals surface area contributed by atoms with Gasteiger partial charge in [-0.25, -0.2) is 0 Å². The van der Waals surface area contributed by atoms with Crippen molar-refractivity contribution in [3.8, 4) is 23.0 Å². The summed E-state index contributed by atoms with van der Waals surface area (Å²) in [7, 11) is 2.83. The summed E-state index contributed by atoms with van der Waals surface area (Å²) in [5, 5.41) is 51.5. The van der Waals surface area contributed by atoms with Gasteiger partial charge in [-0.15, -0.1) is 0 Å². The number of aryl methyl sites for hydroxylation is 2. The van der Waals surface area contributed by atoms with Crippen LogP contribution in [0.25, 0.3) is 0 Å². The van der Waals surface area contributed by atoms with Crippen LogP contribution in [0.4, 0.5) is 0 Å². The minimum absolute atomic E-state index is 0.0134. The average Bonchev–Trinajstić information content (AvgIpc) is 3.12. The van der Waals surface area contributed by atoms with Gasteiger partial charge in [0, 0.05) is 92.2 Å². The molecule has 52 heavy (non-hydrogen) atoms. The van der Waals surface area contributed by atoms with Crippen LogP contribution in [0.15, 0.2) is 46.2 Å². The lowest BCUT2D eigenvalue weighted by Gasteiger charge is -2.23. The van der Waals surface area contributed by atoms with Crippen molar-refractivity contribution in [1.29, 1.82) is 0 Å². The van der Waals surface area contributed by atoms with Crippen LogP contribution >= 0.6 is 0 Å². The summed E-state index contributed by atoms with van der Waals surface area (Å²) in [5.41, 5.74) is 8.56. The molecule has 0 saturated carbocycles. The molecule has 282 valence electrons. The molecule has 20 heteroatoms. The van der Waals surface area contributed by atoms with E-state index >= 15 is 0 Å². The van der Waals surface area contributed by atoms with Crippen molar-refractivity contribution in [3.63, 3.8) is 0 Å². The highest BCUT2D eigenvalue weighted by Crippen LogP contribution is 2.32. The Morgan fingerprint density at radius 3 is 1.13 bits per heavy atom. The Morgan fingerprint density at radius 2 is 0.827 bits per heavy atom. The number of benzene rings is 1. The van der Waals surface area contributed by atoms with Crippen LogP contribution in [-0.4, -0.2) is 129 Å². The fourth-order valence-corrected chi connectivity index (χ4v) is 4.83. The molecule has 0 unspecified atom stereocenters. The largest absolute Gasteiger partial charge is 0.504 e. The van der Waals surface area contributed by atoms with Crippen molar-refractivity contribution in [1.82, 2.24) is 40.2 Å². The van der Waals surface area contributed by atoms with Crippen molar-refractivity contribution in [2.75, 3.05) is 65.7 Å². The lowest BCUT2D eigenvalue weighted by molar-refractivity contribution is 0.0927. The number of nitrogens with zero attached hydrogens (tertiary/aromatic N) is 4. The van der Waals surface area contributed by atoms with Gasteiger partial charge >= 0.3 is 0 Å². The third-order valence-corrected chi connectivity index (χ3v) is 7.99. The predicted octanol–water partition coefficient (Wildman–Crippen LogP) is -3.34. The molecule has 3 rings (SSSR count). The number of phenols is 2. The Morgan fingerprint density at radius 1 is 0.538 bits per heavy atom. The fraction of sp³-hybridized carbons (Fsp3) is 0.375. The first-order chi connectivity index (χ1) is 24.7. The predicted molar refractivity (Wildman–Crippen MR) is 187 cm³/mol. The summed E-state index contributed by atoms with van der Waals surface area (Å²) in [6.07, 6.45) is 2.66. The molecule has 0 aliphatic rings. The molecule has 0 spiro atoms. The highest BCUT2D eigenvalue weighted by Gasteiger charge is 2.22. The number of hydrogen-bond donors (Lipinski definition) is 10. The molecule has 12 N–H and O–H groups in total. The van der Waals surface area contributed by atoms with E-state index in [4.69, 9.17) is 11.5 Å². The van der Waals surface area contributed by atoms with E-state index in [-0.39, 0.29) is 81.4 Å². The van der Waals surface area contributed by atoms with E-state index in [0.29, 0.717) is 6.54 Å². The molecule has 4 amide bonds. The molecule has 0 aliphatic heterocycles. The van der Waals surface area contributed by atoms with Gasteiger partial charge in [0.2, 0.25) is 0 Å². The van der Waals surface area contributed by atoms with Crippen LogP contribution in [-0.2, 0) is 14.1 Å². The van der Waals surface area contributed by atoms with Gasteiger partial charge in [0.25, 0.3) is 34.7 Å². The van der Waals surface area contributed by atoms with E-state index < -0.39 is 57.7 Å². The second kappa shape index (κ2) is 18.9. The number of carbonyl (C=O) groups excluding carboxylic acids is 4. The molecule has 2 heterocycles. The lowest BCUT2D eigenvalue weighted by Crippen LogP contribution is -2.43. The molecule has 0 aliphatic carbocycles. The van der Waals surface area contributed by atoms with E-state index in [0.717, 1.165) is 9.13 Å². The zero-order chi connectivity index (χ0) is 38.5. The first-order valence-electron chi connectivity index (χ1n) is 16.0. The molecule has 0 fully saturated rings. The van der Waals surface area contributed by atoms with Crippen molar-refractivity contribution in [3.05, 3.63) is 79.6 Å². The Balaban J connectivity index is 1.63. The Bertz CT molecular complexity index is 1810. The number of carbonyl (C=O) groups is 4. The van der Waals surface area contributed by atoms with E-state index in [2.05, 4.69) is 21.3 Å². The highest BCUT2D eigenvalue weighted by atomic mass is 16.3. The van der Waals surface area contributed by atoms with Crippen LogP contribution in [0, 0.1) is 0 Å². The lowest BCUT2D eigenvalue weighted by atomic mass is 10.1. The molecule has 1 aromatic carbocycles. The van der Waals surface area contributed by atoms with Gasteiger partial charge in [-0.1, -0.05) is 0 Å². The smallest absolute Gasteiger partial charge is 0.293 e. The molecule has 3 aromatic rings. The van der Waals surface area contributed by atoms with Crippen LogP contribution in [0.2, 0.25) is 0 Å². The number of rotatable bonds is 18. The van der Waals surface area contributed by atoms with E-state index in [1.807, 2.05) is 0 Å².